The van der Waals surface area contributed by atoms with E-state index in [2.05, 4.69) is 44.9 Å². The summed E-state index contributed by atoms with van der Waals surface area (Å²) in [5.74, 6) is -15.9. The summed E-state index contributed by atoms with van der Waals surface area (Å²) in [6, 6.07) is 19.0. The predicted octanol–water partition coefficient (Wildman–Crippen LogP) is -0.242. The smallest absolute Gasteiger partial charge is 0.326 e. The lowest BCUT2D eigenvalue weighted by Crippen LogP contribution is -2.85. The lowest BCUT2D eigenvalue weighted by atomic mass is 9.91. The van der Waals surface area contributed by atoms with E-state index < -0.39 is 66.4 Å². The molecule has 4 amide bonds. The third-order valence-corrected chi connectivity index (χ3v) is 8.06. The van der Waals surface area contributed by atoms with Crippen LogP contribution in [0.2, 0.25) is 0 Å². The fourth-order valence-electron chi connectivity index (χ4n) is 5.18. The van der Waals surface area contributed by atoms with Crippen LogP contribution in [-0.4, -0.2) is 112 Å². The third kappa shape index (κ3) is 14.7. The number of urea groups is 1. The van der Waals surface area contributed by atoms with E-state index >= 15 is 0 Å². The van der Waals surface area contributed by atoms with E-state index in [4.69, 9.17) is 10.5 Å². The van der Waals surface area contributed by atoms with Crippen molar-refractivity contribution in [2.24, 2.45) is 5.73 Å². The number of benzene rings is 3. The molecular formula is C41H56N4O13. The van der Waals surface area contributed by atoms with E-state index in [0.29, 0.717) is 6.42 Å². The van der Waals surface area contributed by atoms with Gasteiger partial charge in [0.25, 0.3) is 5.91 Å². The van der Waals surface area contributed by atoms with Gasteiger partial charge in [-0.1, -0.05) is 99.1 Å². The highest BCUT2D eigenvalue weighted by atomic mass is 16.7. The van der Waals surface area contributed by atoms with Crippen LogP contribution in [-0.2, 0) is 21.8 Å². The molecule has 0 aromatic heterocycles. The predicted molar refractivity (Wildman–Crippen MR) is 213 cm³/mol. The Balaban J connectivity index is 0.00000135. The molecule has 0 bridgehead atoms. The van der Waals surface area contributed by atoms with Crippen LogP contribution in [0.4, 0.5) is 4.79 Å². The molecule has 2 atom stereocenters. The van der Waals surface area contributed by atoms with Crippen molar-refractivity contribution in [2.75, 3.05) is 13.2 Å². The van der Waals surface area contributed by atoms with Crippen LogP contribution in [0.3, 0.4) is 0 Å². The van der Waals surface area contributed by atoms with Gasteiger partial charge in [0.05, 0.1) is 12.1 Å². The Kier molecular flexibility index (Phi) is 21.9. The van der Waals surface area contributed by atoms with Crippen LogP contribution in [0, 0.1) is 39.5 Å². The highest BCUT2D eigenvalue weighted by Crippen LogP contribution is 2.33. The number of nitrogens with one attached hydrogen (secondary N) is 2. The summed E-state index contributed by atoms with van der Waals surface area (Å²) >= 11 is 0. The van der Waals surface area contributed by atoms with Gasteiger partial charge in [-0.25, -0.2) is 4.79 Å². The van der Waals surface area contributed by atoms with Gasteiger partial charge in [0.1, 0.15) is 12.3 Å². The number of carbonyl (C=O) groups is 3. The molecule has 3 aromatic carbocycles. The van der Waals surface area contributed by atoms with E-state index in [1.165, 1.54) is 36.0 Å². The lowest BCUT2D eigenvalue weighted by molar-refractivity contribution is -0.493. The molecule has 13 N–H and O–H groups in total. The SMILES string of the molecule is C#C.C#C.CCC.Cc1cccc(C)c1OCC(N)=O.O=C(CN1C(=O)NC(O)(O)C(O)(O)C1(O)O)N[C@H](C[C@H](O)CCc1ccccc1)C(O)(O)c1ccccc1. The Morgan fingerprint density at radius 1 is 0.862 bits per heavy atom. The summed E-state index contributed by atoms with van der Waals surface area (Å²) in [5, 5.41) is 94.9. The number of aliphatic hydroxyl groups excluding tert-OH is 1. The van der Waals surface area contributed by atoms with E-state index in [9.17, 15) is 60.3 Å². The number of rotatable bonds is 13. The molecule has 17 nitrogen and oxygen atoms in total. The van der Waals surface area contributed by atoms with Gasteiger partial charge in [0.15, 0.2) is 6.61 Å². The zero-order valence-electron chi connectivity index (χ0n) is 32.9. The maximum Gasteiger partial charge on any atom is 0.326 e. The number of nitrogens with zero attached hydrogens (tertiary/aromatic N) is 1. The van der Waals surface area contributed by atoms with Crippen molar-refractivity contribution < 1.29 is 65.1 Å². The van der Waals surface area contributed by atoms with Gasteiger partial charge in [0.2, 0.25) is 11.7 Å². The molecule has 1 heterocycles. The standard InChI is InChI=1S/C24H31N3O11.C10H13NO2.C3H8.2C2H2/c28-17(12-11-15-7-3-1-4-8-15)13-18(21(31,32)16-9-5-2-6-10-16)25-19(29)14-27-20(30)26-23(35,36)22(33,34)24(27,37)38;1-7-4-3-5-8(2)10(7)13-6-9(11)12;1-3-2;2*1-2/h1-10,17-18,28,31-38H,11-14H2,(H,25,29)(H,26,30);3-5H,6H2,1-2H3,(H2,11,12);3H2,1-2H3;2*1-2H/t17-,18-;;;;/m1..../s1. The average Bonchev–Trinajstić information content (AvgIpc) is 3.17. The van der Waals surface area contributed by atoms with Crippen molar-refractivity contribution >= 4 is 17.8 Å². The first kappa shape index (κ1) is 52.4. The largest absolute Gasteiger partial charge is 0.483 e. The van der Waals surface area contributed by atoms with Crippen LogP contribution >= 0.6 is 0 Å². The molecule has 17 heteroatoms. The zero-order chi connectivity index (χ0) is 44.9. The number of carbonyl (C=O) groups excluding carboxylic acids is 3. The zero-order valence-corrected chi connectivity index (χ0v) is 32.9. The number of ether oxygens (including phenoxy) is 1. The molecule has 1 aliphatic heterocycles. The highest BCUT2D eigenvalue weighted by Gasteiger charge is 2.70. The molecule has 0 unspecified atom stereocenters. The molecular weight excluding hydrogens is 756 g/mol. The highest BCUT2D eigenvalue weighted by molar-refractivity contribution is 5.85. The number of terminal acetylenes is 2. The van der Waals surface area contributed by atoms with Crippen molar-refractivity contribution in [3.63, 3.8) is 0 Å². The summed E-state index contributed by atoms with van der Waals surface area (Å²) in [5.41, 5.74) is 7.87. The Labute approximate surface area is 338 Å². The minimum atomic E-state index is -4.18. The molecule has 0 spiro atoms. The fourth-order valence-corrected chi connectivity index (χ4v) is 5.18. The maximum absolute atomic E-state index is 12.8. The number of aliphatic hydroxyl groups is 9. The second-order valence-corrected chi connectivity index (χ2v) is 12.8. The summed E-state index contributed by atoms with van der Waals surface area (Å²) in [7, 11) is 0. The van der Waals surface area contributed by atoms with Gasteiger partial charge < -0.3 is 61.7 Å². The molecule has 0 aliphatic carbocycles. The number of primary amides is 1. The number of hydrogen-bond donors (Lipinski definition) is 12. The van der Waals surface area contributed by atoms with Crippen molar-refractivity contribution in [1.82, 2.24) is 15.5 Å². The quantitative estimate of drug-likeness (QED) is 0.0785. The fraction of sp³-hybridized carbons (Fsp3) is 0.390. The lowest BCUT2D eigenvalue weighted by Gasteiger charge is -2.50. The van der Waals surface area contributed by atoms with Crippen LogP contribution in [0.25, 0.3) is 0 Å². The van der Waals surface area contributed by atoms with E-state index in [1.807, 2.05) is 62.4 Å². The number of amides is 4. The molecule has 1 aliphatic rings. The molecule has 318 valence electrons. The van der Waals surface area contributed by atoms with Crippen LogP contribution in [0.15, 0.2) is 78.9 Å². The minimum absolute atomic E-state index is 0.0509. The van der Waals surface area contributed by atoms with Gasteiger partial charge in [-0.15, -0.1) is 25.7 Å². The van der Waals surface area contributed by atoms with Gasteiger partial charge >= 0.3 is 23.6 Å². The van der Waals surface area contributed by atoms with Crippen LogP contribution in [0.5, 0.6) is 5.75 Å². The Hall–Kier alpha value is -5.57. The summed E-state index contributed by atoms with van der Waals surface area (Å²) in [4.78, 5) is 35.3. The molecule has 4 rings (SSSR count). The van der Waals surface area contributed by atoms with Crippen molar-refractivity contribution in [3.8, 4) is 31.4 Å². The first-order chi connectivity index (χ1) is 27.1. The number of hydrogen-bond acceptors (Lipinski definition) is 13. The summed E-state index contributed by atoms with van der Waals surface area (Å²) in [6.07, 6.45) is 16.3. The van der Waals surface area contributed by atoms with Gasteiger partial charge in [0, 0.05) is 5.56 Å². The van der Waals surface area contributed by atoms with Crippen molar-refractivity contribution in [1.29, 1.82) is 0 Å². The van der Waals surface area contributed by atoms with Gasteiger partial charge in [-0.05, 0) is 49.8 Å². The molecule has 0 saturated carbocycles. The van der Waals surface area contributed by atoms with Gasteiger partial charge in [-0.2, -0.15) is 0 Å². The van der Waals surface area contributed by atoms with Crippen molar-refractivity contribution in [2.45, 2.75) is 88.9 Å². The van der Waals surface area contributed by atoms with Crippen molar-refractivity contribution in [3.05, 3.63) is 101 Å². The van der Waals surface area contributed by atoms with Gasteiger partial charge in [-0.3, -0.25) is 19.8 Å². The Morgan fingerprint density at radius 3 is 1.83 bits per heavy atom. The molecule has 1 saturated heterocycles. The second-order valence-electron chi connectivity index (χ2n) is 12.8. The van der Waals surface area contributed by atoms with Crippen LogP contribution in [0.1, 0.15) is 55.4 Å². The molecule has 0 radical (unpaired) electrons. The van der Waals surface area contributed by atoms with E-state index in [1.54, 1.807) is 6.07 Å². The maximum atomic E-state index is 12.8. The number of para-hydroxylation sites is 1. The molecule has 58 heavy (non-hydrogen) atoms. The number of nitrogens with two attached hydrogens (primary N) is 1. The Morgan fingerprint density at radius 2 is 1.34 bits per heavy atom. The van der Waals surface area contributed by atoms with Crippen LogP contribution < -0.4 is 21.1 Å². The van der Waals surface area contributed by atoms with E-state index in [0.717, 1.165) is 22.4 Å². The molecule has 1 fully saturated rings. The third-order valence-electron chi connectivity index (χ3n) is 8.06. The number of aryl methyl sites for hydroxylation is 3. The first-order valence-electron chi connectivity index (χ1n) is 17.7. The topological polar surface area (TPSA) is 296 Å². The first-order valence-corrected chi connectivity index (χ1v) is 17.7. The average molecular weight is 813 g/mol. The summed E-state index contributed by atoms with van der Waals surface area (Å²) < 4.78 is 5.25. The Bertz CT molecular complexity index is 1720. The monoisotopic (exact) mass is 812 g/mol. The normalized spacial score (nSPS) is 15.5. The minimum Gasteiger partial charge on any atom is -0.483 e. The second kappa shape index (κ2) is 24.3. The molecule has 3 aromatic rings. The summed E-state index contributed by atoms with van der Waals surface area (Å²) in [6.45, 7) is 6.73. The van der Waals surface area contributed by atoms with E-state index in [-0.39, 0.29) is 23.5 Å².